The molecule has 1 amide bonds. The molecule has 0 spiro atoms. The lowest BCUT2D eigenvalue weighted by Crippen LogP contribution is -2.41. The van der Waals surface area contributed by atoms with Crippen LogP contribution in [0.1, 0.15) is 41.0 Å². The Morgan fingerprint density at radius 1 is 1.38 bits per heavy atom. The van der Waals surface area contributed by atoms with E-state index in [9.17, 15) is 10.0 Å². The molecule has 6 heteroatoms. The second-order valence-electron chi connectivity index (χ2n) is 6.41. The summed E-state index contributed by atoms with van der Waals surface area (Å²) in [7, 11) is 0. The van der Waals surface area contributed by atoms with Gasteiger partial charge in [-0.3, -0.25) is 9.69 Å². The molecule has 3 heterocycles. The van der Waals surface area contributed by atoms with Gasteiger partial charge in [-0.2, -0.15) is 4.73 Å². The van der Waals surface area contributed by atoms with Gasteiger partial charge in [0.25, 0.3) is 5.91 Å². The zero-order chi connectivity index (χ0) is 16.9. The smallest absolute Gasteiger partial charge is 0.251 e. The number of carbonyl (C=O) groups is 1. The summed E-state index contributed by atoms with van der Waals surface area (Å²) in [6.45, 7) is 5.03. The van der Waals surface area contributed by atoms with E-state index in [2.05, 4.69) is 34.7 Å². The highest BCUT2D eigenvalue weighted by molar-refractivity contribution is 7.10. The molecule has 3 rings (SSSR count). The fourth-order valence-electron chi connectivity index (χ4n) is 3.09. The summed E-state index contributed by atoms with van der Waals surface area (Å²) in [5.41, 5.74) is 0.513. The van der Waals surface area contributed by atoms with Crippen molar-refractivity contribution in [1.29, 1.82) is 0 Å². The van der Waals surface area contributed by atoms with Crippen LogP contribution in [0.15, 0.2) is 42.0 Å². The Labute approximate surface area is 146 Å². The van der Waals surface area contributed by atoms with Crippen LogP contribution in [0.2, 0.25) is 0 Å². The van der Waals surface area contributed by atoms with Gasteiger partial charge in [-0.05, 0) is 43.3 Å². The highest BCUT2D eigenvalue weighted by Crippen LogP contribution is 2.29. The Morgan fingerprint density at radius 3 is 2.71 bits per heavy atom. The first kappa shape index (κ1) is 16.9. The van der Waals surface area contributed by atoms with Crippen LogP contribution in [-0.4, -0.2) is 30.4 Å². The molecule has 0 saturated carbocycles. The molecular formula is C18H23N3O2S. The third-order valence-electron chi connectivity index (χ3n) is 4.65. The minimum absolute atomic E-state index is 0.137. The molecular weight excluding hydrogens is 322 g/mol. The van der Waals surface area contributed by atoms with Crippen LogP contribution in [0.3, 0.4) is 0 Å². The van der Waals surface area contributed by atoms with Crippen molar-refractivity contribution in [2.75, 3.05) is 19.6 Å². The number of nitrogens with one attached hydrogen (secondary N) is 1. The highest BCUT2D eigenvalue weighted by atomic mass is 32.1. The topological polar surface area (TPSA) is 59.3 Å². The van der Waals surface area contributed by atoms with Crippen molar-refractivity contribution in [2.45, 2.75) is 25.8 Å². The molecule has 1 N–H and O–H groups in total. The predicted molar refractivity (Wildman–Crippen MR) is 94.8 cm³/mol. The summed E-state index contributed by atoms with van der Waals surface area (Å²) in [6, 6.07) is 7.51. The van der Waals surface area contributed by atoms with Crippen LogP contribution in [0, 0.1) is 11.1 Å². The average molecular weight is 345 g/mol. The van der Waals surface area contributed by atoms with E-state index in [-0.39, 0.29) is 11.9 Å². The second kappa shape index (κ2) is 7.77. The summed E-state index contributed by atoms with van der Waals surface area (Å²) in [5, 5.41) is 16.2. The Kier molecular flexibility index (Phi) is 5.48. The molecule has 1 fully saturated rings. The molecule has 0 aliphatic carbocycles. The number of pyridine rings is 1. The lowest BCUT2D eigenvalue weighted by molar-refractivity contribution is -0.605. The summed E-state index contributed by atoms with van der Waals surface area (Å²) in [6.07, 6.45) is 5.10. The van der Waals surface area contributed by atoms with Crippen molar-refractivity contribution < 1.29 is 9.52 Å². The molecule has 0 aromatic carbocycles. The summed E-state index contributed by atoms with van der Waals surface area (Å²) in [4.78, 5) is 16.1. The molecule has 2 aromatic heterocycles. The Bertz CT molecular complexity index is 649. The molecule has 128 valence electrons. The third-order valence-corrected chi connectivity index (χ3v) is 5.62. The van der Waals surface area contributed by atoms with E-state index in [1.54, 1.807) is 23.5 Å². The van der Waals surface area contributed by atoms with Crippen LogP contribution >= 0.6 is 11.3 Å². The van der Waals surface area contributed by atoms with Gasteiger partial charge < -0.3 is 10.5 Å². The molecule has 0 radical (unpaired) electrons. The van der Waals surface area contributed by atoms with E-state index >= 15 is 0 Å². The summed E-state index contributed by atoms with van der Waals surface area (Å²) < 4.78 is 0.681. The zero-order valence-electron chi connectivity index (χ0n) is 13.9. The molecule has 1 aliphatic heterocycles. The number of amides is 1. The van der Waals surface area contributed by atoms with Crippen molar-refractivity contribution >= 4 is 17.2 Å². The van der Waals surface area contributed by atoms with Gasteiger partial charge >= 0.3 is 0 Å². The van der Waals surface area contributed by atoms with Gasteiger partial charge in [-0.15, -0.1) is 11.3 Å². The van der Waals surface area contributed by atoms with Crippen molar-refractivity contribution in [2.24, 2.45) is 5.92 Å². The Morgan fingerprint density at radius 2 is 2.08 bits per heavy atom. The maximum absolute atomic E-state index is 12.3. The molecule has 1 aliphatic rings. The lowest BCUT2D eigenvalue weighted by Gasteiger charge is -2.36. The minimum atomic E-state index is -0.137. The zero-order valence-corrected chi connectivity index (χ0v) is 14.7. The maximum Gasteiger partial charge on any atom is 0.251 e. The van der Waals surface area contributed by atoms with E-state index in [1.807, 2.05) is 0 Å². The second-order valence-corrected chi connectivity index (χ2v) is 7.39. The first-order valence-electron chi connectivity index (χ1n) is 8.38. The fraction of sp³-hybridized carbons (Fsp3) is 0.444. The van der Waals surface area contributed by atoms with Crippen LogP contribution in [-0.2, 0) is 0 Å². The van der Waals surface area contributed by atoms with E-state index in [4.69, 9.17) is 0 Å². The molecule has 0 bridgehead atoms. The highest BCUT2D eigenvalue weighted by Gasteiger charge is 2.25. The van der Waals surface area contributed by atoms with E-state index in [0.29, 0.717) is 16.8 Å². The largest absolute Gasteiger partial charge is 0.619 e. The van der Waals surface area contributed by atoms with Crippen molar-refractivity contribution in [1.82, 2.24) is 10.2 Å². The van der Waals surface area contributed by atoms with Crippen LogP contribution in [0.4, 0.5) is 0 Å². The lowest BCUT2D eigenvalue weighted by atomic mass is 9.97. The van der Waals surface area contributed by atoms with Gasteiger partial charge in [0.2, 0.25) is 0 Å². The Hall–Kier alpha value is -1.92. The van der Waals surface area contributed by atoms with Gasteiger partial charge in [-0.25, -0.2) is 0 Å². The number of rotatable bonds is 5. The number of hydrogen-bond donors (Lipinski definition) is 1. The van der Waals surface area contributed by atoms with Gasteiger partial charge in [0.1, 0.15) is 0 Å². The molecule has 24 heavy (non-hydrogen) atoms. The standard InChI is InChI=1S/C18H23N3O2S/c1-14-4-8-20(9-5-14)16(17-3-2-12-24-17)13-19-18(22)15-6-10-21(23)11-7-15/h2-3,6-7,10-12,14,16H,4-5,8-9,13H2,1H3,(H,19,22). The SMILES string of the molecule is CC1CCN(C(CNC(=O)c2cc[n+]([O-])cc2)c2cccs2)CC1. The number of likely N-dealkylation sites (tertiary alicyclic amines) is 1. The number of carbonyl (C=O) groups excluding carboxylic acids is 1. The van der Waals surface area contributed by atoms with E-state index in [0.717, 1.165) is 19.0 Å². The minimum Gasteiger partial charge on any atom is -0.619 e. The summed E-state index contributed by atoms with van der Waals surface area (Å²) in [5.74, 6) is 0.644. The van der Waals surface area contributed by atoms with E-state index in [1.165, 1.54) is 30.1 Å². The van der Waals surface area contributed by atoms with Crippen molar-refractivity contribution in [3.05, 3.63) is 57.7 Å². The number of piperidine rings is 1. The number of hydrogen-bond acceptors (Lipinski definition) is 4. The fourth-order valence-corrected chi connectivity index (χ4v) is 3.95. The number of aromatic nitrogens is 1. The number of nitrogens with zero attached hydrogens (tertiary/aromatic N) is 2. The third kappa shape index (κ3) is 4.13. The average Bonchev–Trinajstić information content (AvgIpc) is 3.11. The van der Waals surface area contributed by atoms with Crippen LogP contribution in [0.25, 0.3) is 0 Å². The summed E-state index contributed by atoms with van der Waals surface area (Å²) >= 11 is 1.74. The predicted octanol–water partition coefficient (Wildman–Crippen LogP) is 2.58. The molecule has 5 nitrogen and oxygen atoms in total. The Balaban J connectivity index is 1.66. The quantitative estimate of drug-likeness (QED) is 0.669. The van der Waals surface area contributed by atoms with E-state index < -0.39 is 0 Å². The van der Waals surface area contributed by atoms with Crippen LogP contribution in [0.5, 0.6) is 0 Å². The molecule has 1 atom stereocenters. The first-order chi connectivity index (χ1) is 11.6. The van der Waals surface area contributed by atoms with Crippen molar-refractivity contribution in [3.8, 4) is 0 Å². The molecule has 2 aromatic rings. The maximum atomic E-state index is 12.3. The first-order valence-corrected chi connectivity index (χ1v) is 9.26. The monoisotopic (exact) mass is 345 g/mol. The molecule has 1 unspecified atom stereocenters. The number of thiophene rings is 1. The van der Waals surface area contributed by atoms with Gasteiger partial charge in [0, 0.05) is 23.6 Å². The van der Waals surface area contributed by atoms with Crippen LogP contribution < -0.4 is 10.0 Å². The van der Waals surface area contributed by atoms with Crippen molar-refractivity contribution in [3.63, 3.8) is 0 Å². The normalized spacial score (nSPS) is 17.5. The van der Waals surface area contributed by atoms with Gasteiger partial charge in [0.15, 0.2) is 12.4 Å². The van der Waals surface area contributed by atoms with Gasteiger partial charge in [0.05, 0.1) is 11.6 Å². The molecule has 1 saturated heterocycles. The van der Waals surface area contributed by atoms with Gasteiger partial charge in [-0.1, -0.05) is 13.0 Å².